The van der Waals surface area contributed by atoms with Gasteiger partial charge in [-0.1, -0.05) is 0 Å². The minimum atomic E-state index is -0.570. The third kappa shape index (κ3) is 4.73. The van der Waals surface area contributed by atoms with Crippen molar-refractivity contribution in [2.24, 2.45) is 0 Å². The Hall–Kier alpha value is -3.66. The van der Waals surface area contributed by atoms with Crippen LogP contribution in [0.3, 0.4) is 0 Å². The van der Waals surface area contributed by atoms with Crippen molar-refractivity contribution in [2.45, 2.75) is 39.8 Å². The van der Waals surface area contributed by atoms with E-state index < -0.39 is 5.82 Å². The van der Waals surface area contributed by atoms with Gasteiger partial charge in [-0.3, -0.25) is 14.6 Å². The summed E-state index contributed by atoms with van der Waals surface area (Å²) in [6.45, 7) is 11.7. The molecule has 188 valence electrons. The molecule has 1 aromatic carbocycles. The van der Waals surface area contributed by atoms with Gasteiger partial charge in [0.15, 0.2) is 5.82 Å². The molecule has 1 aliphatic rings. The highest BCUT2D eigenvalue weighted by atomic mass is 19.1. The van der Waals surface area contributed by atoms with Crippen LogP contribution < -0.4 is 10.2 Å². The molecule has 1 saturated heterocycles. The van der Waals surface area contributed by atoms with Gasteiger partial charge < -0.3 is 10.2 Å². The van der Waals surface area contributed by atoms with Crippen molar-refractivity contribution in [3.05, 3.63) is 54.5 Å². The van der Waals surface area contributed by atoms with E-state index in [4.69, 9.17) is 0 Å². The van der Waals surface area contributed by atoms with E-state index in [2.05, 4.69) is 49.0 Å². The number of fused-ring (bicyclic) bond motifs is 1. The Labute approximate surface area is 209 Å². The van der Waals surface area contributed by atoms with Crippen LogP contribution in [-0.4, -0.2) is 61.9 Å². The maximum atomic E-state index is 15.0. The molecule has 1 fully saturated rings. The molecule has 10 heteroatoms. The third-order valence-electron chi connectivity index (χ3n) is 6.54. The number of benzene rings is 1. The predicted molar refractivity (Wildman–Crippen MR) is 138 cm³/mol. The van der Waals surface area contributed by atoms with Gasteiger partial charge in [-0.05, 0) is 52.0 Å². The fraction of sp³-hybridized carbons (Fsp3) is 0.385. The number of nitrogens with zero attached hydrogens (tertiary/aromatic N) is 7. The Bertz CT molecular complexity index is 1380. The average Bonchev–Trinajstić information content (AvgIpc) is 3.29. The van der Waals surface area contributed by atoms with Gasteiger partial charge in [-0.15, -0.1) is 0 Å². The van der Waals surface area contributed by atoms with E-state index in [0.717, 1.165) is 43.4 Å². The van der Waals surface area contributed by atoms with Crippen LogP contribution in [0.4, 0.5) is 26.1 Å². The van der Waals surface area contributed by atoms with Crippen LogP contribution in [-0.2, 0) is 0 Å². The Morgan fingerprint density at radius 2 is 1.64 bits per heavy atom. The van der Waals surface area contributed by atoms with E-state index in [0.29, 0.717) is 23.0 Å². The highest BCUT2D eigenvalue weighted by molar-refractivity contribution is 5.80. The summed E-state index contributed by atoms with van der Waals surface area (Å²) in [4.78, 5) is 17.3. The highest BCUT2D eigenvalue weighted by Gasteiger charge is 2.21. The fourth-order valence-corrected chi connectivity index (χ4v) is 4.55. The zero-order valence-electron chi connectivity index (χ0n) is 20.9. The van der Waals surface area contributed by atoms with Gasteiger partial charge in [0.25, 0.3) is 0 Å². The van der Waals surface area contributed by atoms with Crippen molar-refractivity contribution in [1.82, 2.24) is 29.6 Å². The van der Waals surface area contributed by atoms with Gasteiger partial charge in [-0.2, -0.15) is 5.10 Å². The first-order valence-corrected chi connectivity index (χ1v) is 12.2. The van der Waals surface area contributed by atoms with Gasteiger partial charge in [-0.25, -0.2) is 18.7 Å². The molecule has 0 aliphatic carbocycles. The summed E-state index contributed by atoms with van der Waals surface area (Å²) in [7, 11) is 0. The topological polar surface area (TPSA) is 75.0 Å². The first-order valence-electron chi connectivity index (χ1n) is 12.2. The molecule has 0 atom stereocenters. The lowest BCUT2D eigenvalue weighted by Gasteiger charge is -2.38. The zero-order chi connectivity index (χ0) is 25.4. The predicted octanol–water partition coefficient (Wildman–Crippen LogP) is 5.02. The molecule has 36 heavy (non-hydrogen) atoms. The second kappa shape index (κ2) is 9.77. The summed E-state index contributed by atoms with van der Waals surface area (Å²) in [5.74, 6) is -0.724. The minimum absolute atomic E-state index is 0.110. The van der Waals surface area contributed by atoms with E-state index in [1.807, 2.05) is 24.6 Å². The number of aromatic nitrogens is 5. The average molecular weight is 493 g/mol. The molecule has 1 aliphatic heterocycles. The lowest BCUT2D eigenvalue weighted by atomic mass is 10.2. The molecule has 0 radical (unpaired) electrons. The third-order valence-corrected chi connectivity index (χ3v) is 6.54. The number of halogens is 2. The second-order valence-electron chi connectivity index (χ2n) is 9.61. The van der Waals surface area contributed by atoms with Crippen LogP contribution in [0.2, 0.25) is 0 Å². The molecular weight excluding hydrogens is 462 g/mol. The summed E-state index contributed by atoms with van der Waals surface area (Å²) in [5, 5.41) is 7.36. The molecule has 0 spiro atoms. The van der Waals surface area contributed by atoms with Crippen molar-refractivity contribution < 1.29 is 8.78 Å². The van der Waals surface area contributed by atoms with E-state index in [1.165, 1.54) is 6.07 Å². The monoisotopic (exact) mass is 492 g/mol. The van der Waals surface area contributed by atoms with Gasteiger partial charge in [0.05, 0.1) is 23.6 Å². The van der Waals surface area contributed by atoms with E-state index in [1.54, 1.807) is 24.5 Å². The number of nitrogens with one attached hydrogen (secondary N) is 1. The van der Waals surface area contributed by atoms with Crippen molar-refractivity contribution in [3.63, 3.8) is 0 Å². The molecule has 1 N–H and O–H groups in total. The van der Waals surface area contributed by atoms with Gasteiger partial charge in [0.2, 0.25) is 5.95 Å². The molecule has 5 rings (SSSR count). The molecular formula is C26H30F2N8. The number of anilines is 3. The standard InChI is InChI=1S/C26H30F2N8/c1-16(2)34-7-9-35(10-8-34)23-6-5-19(12-20(23)27)32-26-30-14-21(28)25(33-26)18-11-24-22(29-13-18)15-31-36(24)17(3)4/h5-6,11-17H,7-10H2,1-4H3,(H,30,32,33). The summed E-state index contributed by atoms with van der Waals surface area (Å²) in [6, 6.07) is 7.40. The first-order chi connectivity index (χ1) is 17.3. The normalized spacial score (nSPS) is 14.8. The minimum Gasteiger partial charge on any atom is -0.367 e. The molecule has 0 unspecified atom stereocenters. The smallest absolute Gasteiger partial charge is 0.227 e. The molecule has 0 bridgehead atoms. The van der Waals surface area contributed by atoms with E-state index in [-0.39, 0.29) is 23.5 Å². The van der Waals surface area contributed by atoms with Crippen LogP contribution in [0.15, 0.2) is 42.9 Å². The van der Waals surface area contributed by atoms with Crippen LogP contribution >= 0.6 is 0 Å². The van der Waals surface area contributed by atoms with Gasteiger partial charge in [0, 0.05) is 55.7 Å². The lowest BCUT2D eigenvalue weighted by Crippen LogP contribution is -2.49. The Morgan fingerprint density at radius 1 is 0.861 bits per heavy atom. The first kappa shape index (κ1) is 24.1. The number of pyridine rings is 1. The van der Waals surface area contributed by atoms with Crippen LogP contribution in [0.5, 0.6) is 0 Å². The molecule has 4 heterocycles. The van der Waals surface area contributed by atoms with E-state index >= 15 is 4.39 Å². The van der Waals surface area contributed by atoms with Crippen LogP contribution in [0.1, 0.15) is 33.7 Å². The molecule has 0 saturated carbocycles. The van der Waals surface area contributed by atoms with Crippen LogP contribution in [0.25, 0.3) is 22.3 Å². The number of piperazine rings is 1. The molecule has 3 aromatic heterocycles. The SMILES string of the molecule is CC(C)N1CCN(c2ccc(Nc3ncc(F)c(-c4cnc5cnn(C(C)C)c5c4)n3)cc2F)CC1. The summed E-state index contributed by atoms with van der Waals surface area (Å²) >= 11 is 0. The largest absolute Gasteiger partial charge is 0.367 e. The van der Waals surface area contributed by atoms with Crippen molar-refractivity contribution in [2.75, 3.05) is 36.4 Å². The highest BCUT2D eigenvalue weighted by Crippen LogP contribution is 2.28. The van der Waals surface area contributed by atoms with Crippen molar-refractivity contribution >= 4 is 28.4 Å². The zero-order valence-corrected chi connectivity index (χ0v) is 20.9. The van der Waals surface area contributed by atoms with Gasteiger partial charge in [0.1, 0.15) is 17.0 Å². The summed E-state index contributed by atoms with van der Waals surface area (Å²) < 4.78 is 31.5. The second-order valence-corrected chi connectivity index (χ2v) is 9.61. The Kier molecular flexibility index (Phi) is 6.53. The number of hydrogen-bond acceptors (Lipinski definition) is 7. The van der Waals surface area contributed by atoms with Gasteiger partial charge >= 0.3 is 0 Å². The Balaban J connectivity index is 1.36. The molecule has 8 nitrogen and oxygen atoms in total. The quantitative estimate of drug-likeness (QED) is 0.405. The lowest BCUT2D eigenvalue weighted by molar-refractivity contribution is 0.209. The molecule has 4 aromatic rings. The van der Waals surface area contributed by atoms with Crippen LogP contribution in [0, 0.1) is 11.6 Å². The Morgan fingerprint density at radius 3 is 2.33 bits per heavy atom. The number of rotatable bonds is 6. The maximum absolute atomic E-state index is 15.0. The summed E-state index contributed by atoms with van der Waals surface area (Å²) in [5.41, 5.74) is 3.20. The van der Waals surface area contributed by atoms with Crippen molar-refractivity contribution in [3.8, 4) is 11.3 Å². The molecule has 0 amide bonds. The van der Waals surface area contributed by atoms with Crippen molar-refractivity contribution in [1.29, 1.82) is 0 Å². The van der Waals surface area contributed by atoms with E-state index in [9.17, 15) is 4.39 Å². The fourth-order valence-electron chi connectivity index (χ4n) is 4.55. The summed E-state index contributed by atoms with van der Waals surface area (Å²) in [6.07, 6.45) is 4.36. The maximum Gasteiger partial charge on any atom is 0.227 e. The number of hydrogen-bond donors (Lipinski definition) is 1.